The number of amides is 1. The highest BCUT2D eigenvalue weighted by molar-refractivity contribution is 5.80. The molecule has 0 radical (unpaired) electrons. The number of unbranched alkanes of at least 4 members (excludes halogenated alkanes) is 2. The van der Waals surface area contributed by atoms with E-state index in [-0.39, 0.29) is 49.4 Å². The molecule has 14 unspecified atom stereocenters. The summed E-state index contributed by atoms with van der Waals surface area (Å²) in [6, 6.07) is 3.26. The van der Waals surface area contributed by atoms with Crippen LogP contribution < -0.4 is 15.9 Å². The van der Waals surface area contributed by atoms with Crippen molar-refractivity contribution in [3.05, 3.63) is 101 Å². The highest BCUT2D eigenvalue weighted by atomic mass is 16.8. The normalized spacial score (nSPS) is 38.1. The van der Waals surface area contributed by atoms with E-state index in [0.717, 1.165) is 6.42 Å². The van der Waals surface area contributed by atoms with Gasteiger partial charge in [0.2, 0.25) is 5.91 Å². The molecule has 5 rings (SSSR count). The molecule has 470 valence electrons. The van der Waals surface area contributed by atoms with Gasteiger partial charge < -0.3 is 80.4 Å². The molecule has 2 saturated heterocycles. The Kier molecular flexibility index (Phi) is 28.0. The molecule has 0 aromatic heterocycles. The van der Waals surface area contributed by atoms with Gasteiger partial charge in [-0.15, -0.1) is 0 Å². The Bertz CT molecular complexity index is 2440. The number of carbonyl (C=O) groups is 3. The monoisotopic (exact) mass is 1190 g/mol. The molecular formula is C59H88N4O21. The minimum Gasteiger partial charge on any atom is -0.481 e. The lowest BCUT2D eigenvalue weighted by Crippen LogP contribution is -2.64. The van der Waals surface area contributed by atoms with Crippen LogP contribution in [0.5, 0.6) is 0 Å². The van der Waals surface area contributed by atoms with Crippen molar-refractivity contribution in [2.75, 3.05) is 17.1 Å². The molecule has 4 heterocycles. The lowest BCUT2D eigenvalue weighted by Gasteiger charge is -2.45. The van der Waals surface area contributed by atoms with Crippen LogP contribution in [0.3, 0.4) is 0 Å². The van der Waals surface area contributed by atoms with Crippen molar-refractivity contribution in [1.82, 2.24) is 5.32 Å². The maximum absolute atomic E-state index is 13.3. The molecule has 1 aromatic carbocycles. The van der Waals surface area contributed by atoms with E-state index in [2.05, 4.69) is 10.8 Å². The summed E-state index contributed by atoms with van der Waals surface area (Å²) in [7, 11) is 0. The first-order chi connectivity index (χ1) is 39.9. The Morgan fingerprint density at radius 2 is 1.43 bits per heavy atom. The fourth-order valence-electron chi connectivity index (χ4n) is 10.5. The zero-order valence-corrected chi connectivity index (χ0v) is 48.1. The number of carboxylic acid groups (broad SMARTS) is 1. The molecular weight excluding hydrogens is 1100 g/mol. The highest BCUT2D eigenvalue weighted by Gasteiger charge is 2.51. The first-order valence-electron chi connectivity index (χ1n) is 28.9. The first kappa shape index (κ1) is 69.3. The van der Waals surface area contributed by atoms with Gasteiger partial charge in [-0.2, -0.15) is 4.94 Å². The second kappa shape index (κ2) is 34.0. The molecule has 2 fully saturated rings. The van der Waals surface area contributed by atoms with Crippen LogP contribution in [0.25, 0.3) is 0 Å². The number of allylic oxidation sites excluding steroid dienone is 10. The molecule has 4 aliphatic rings. The Hall–Kier alpha value is -5.49. The van der Waals surface area contributed by atoms with Crippen LogP contribution >= 0.6 is 0 Å². The fourth-order valence-corrected chi connectivity index (χ4v) is 10.5. The number of rotatable bonds is 11. The molecule has 25 heteroatoms. The van der Waals surface area contributed by atoms with Crippen LogP contribution in [0, 0.1) is 27.9 Å². The van der Waals surface area contributed by atoms with Gasteiger partial charge >= 0.3 is 11.9 Å². The number of hydrogen-bond acceptors (Lipinski definition) is 22. The van der Waals surface area contributed by atoms with E-state index >= 15 is 0 Å². The van der Waals surface area contributed by atoms with Crippen molar-refractivity contribution in [1.29, 1.82) is 0 Å². The third-order valence-electron chi connectivity index (χ3n) is 15.5. The molecule has 1 amide bonds. The molecule has 25 nitrogen and oxygen atoms in total. The lowest BCUT2D eigenvalue weighted by molar-refractivity contribution is -0.384. The zero-order valence-electron chi connectivity index (χ0n) is 48.1. The van der Waals surface area contributed by atoms with E-state index in [1.165, 1.54) is 24.1 Å². The van der Waals surface area contributed by atoms with E-state index in [0.29, 0.717) is 37.9 Å². The molecule has 0 spiro atoms. The third kappa shape index (κ3) is 21.5. The van der Waals surface area contributed by atoms with Gasteiger partial charge in [-0.05, 0) is 71.3 Å². The molecule has 1 aromatic rings. The van der Waals surface area contributed by atoms with Gasteiger partial charge in [-0.3, -0.25) is 24.5 Å². The van der Waals surface area contributed by atoms with Gasteiger partial charge in [0, 0.05) is 50.1 Å². The number of aliphatic hydroxyl groups is 10. The van der Waals surface area contributed by atoms with E-state index in [9.17, 15) is 80.7 Å². The number of aliphatic hydroxyl groups excluding tert-OH is 9. The molecule has 13 N–H and O–H groups in total. The Balaban J connectivity index is 1.29. The maximum atomic E-state index is 13.3. The number of nitrogens with zero attached hydrogens (tertiary/aromatic N) is 2. The Labute approximate surface area is 489 Å². The number of esters is 1. The average molecular weight is 1190 g/mol. The van der Waals surface area contributed by atoms with Crippen molar-refractivity contribution >= 4 is 34.9 Å². The number of hydroxylamine groups is 1. The molecule has 0 aliphatic carbocycles. The smallest absolute Gasteiger partial charge is 0.311 e. The number of hydrogen-bond donors (Lipinski definition) is 13. The van der Waals surface area contributed by atoms with Crippen LogP contribution in [0.2, 0.25) is 0 Å². The van der Waals surface area contributed by atoms with E-state index in [4.69, 9.17) is 23.9 Å². The Morgan fingerprint density at radius 1 is 0.774 bits per heavy atom. The summed E-state index contributed by atoms with van der Waals surface area (Å²) in [5.74, 6) is -7.62. The fraction of sp³-hybridized carbons (Fsp3) is 0.644. The summed E-state index contributed by atoms with van der Waals surface area (Å²) in [6.45, 7) is 7.06. The summed E-state index contributed by atoms with van der Waals surface area (Å²) >= 11 is 0. The van der Waals surface area contributed by atoms with Crippen molar-refractivity contribution < 1.29 is 99.4 Å². The number of benzene rings is 1. The molecule has 19 atom stereocenters. The maximum Gasteiger partial charge on any atom is 0.311 e. The number of nitrogens with one attached hydrogen (secondary N) is 2. The van der Waals surface area contributed by atoms with Gasteiger partial charge in [-0.25, -0.2) is 10.5 Å². The van der Waals surface area contributed by atoms with Crippen LogP contribution in [0.15, 0.2) is 91.1 Å². The van der Waals surface area contributed by atoms with E-state index in [1.807, 2.05) is 43.4 Å². The summed E-state index contributed by atoms with van der Waals surface area (Å²) < 4.78 is 23.7. The van der Waals surface area contributed by atoms with Gasteiger partial charge in [-0.1, -0.05) is 99.2 Å². The summed E-state index contributed by atoms with van der Waals surface area (Å²) in [4.78, 5) is 55.1. The molecule has 4 aliphatic heterocycles. The van der Waals surface area contributed by atoms with Crippen LogP contribution in [0.4, 0.5) is 17.1 Å². The highest BCUT2D eigenvalue weighted by Crippen LogP contribution is 2.40. The molecule has 2 bridgehead atoms. The lowest BCUT2D eigenvalue weighted by atomic mass is 9.82. The van der Waals surface area contributed by atoms with Crippen molar-refractivity contribution in [2.45, 2.75) is 215 Å². The minimum absolute atomic E-state index is 0.00739. The number of nitro groups is 1. The number of nitro benzene ring substituents is 1. The average Bonchev–Trinajstić information content (AvgIpc) is 3.82. The minimum atomic E-state index is -2.44. The second-order valence-corrected chi connectivity index (χ2v) is 22.4. The van der Waals surface area contributed by atoms with Gasteiger partial charge in [0.05, 0.1) is 84.1 Å². The second-order valence-electron chi connectivity index (χ2n) is 22.4. The zero-order chi connectivity index (χ0) is 61.7. The third-order valence-corrected chi connectivity index (χ3v) is 15.5. The number of fused-ring (bicyclic) bond motifs is 3. The predicted molar refractivity (Wildman–Crippen MR) is 305 cm³/mol. The van der Waals surface area contributed by atoms with Gasteiger partial charge in [0.25, 0.3) is 5.69 Å². The summed E-state index contributed by atoms with van der Waals surface area (Å²) in [5, 5.41) is 137. The standard InChI is InChI=1S/C59H88N4O21/c1-35-21-16-13-11-9-7-5-6-8-10-12-14-17-22-42(82-58-56(74)53(55(73)38(4)81-58)60-49(70)25-18-15-19-28-62-43-23-20-24-44(63(78)79)52(43)61-84-62)32-48-51(57(75)76)47(69)34-59(77,83-48)33-46(68)45(67)27-26-39(64)29-40(65)30-41(66)31-50(71)80-37(3)36(2)54(35)72/h5-6,8,10-14,16-17,20-24,35-42,45-48,51,53-56,58,61,64-69,72-74,77H,7,9,15,18-19,25-34H2,1-4H3,(H,60,70)(H,75,76)/b6-5+,10-8+,13-11+,14-12+,21-16+,22-17+/t35?,36?,37?,38-,39?,40?,41?,42?,45?,46?,47?,48?,51?,53+,54?,55-,56+,58+,59?/m1/s1. The van der Waals surface area contributed by atoms with Crippen LogP contribution in [-0.4, -0.2) is 183 Å². The number of para-hydroxylation sites is 1. The number of cyclic esters (lactones) is 1. The largest absolute Gasteiger partial charge is 0.481 e. The first-order valence-corrected chi connectivity index (χ1v) is 28.9. The quantitative estimate of drug-likeness (QED) is 0.0654. The van der Waals surface area contributed by atoms with E-state index in [1.54, 1.807) is 56.4 Å². The number of aliphatic carboxylic acids is 1. The summed E-state index contributed by atoms with van der Waals surface area (Å²) in [5.41, 5.74) is 3.15. The summed E-state index contributed by atoms with van der Waals surface area (Å²) in [6.07, 6.45) is 1.65. The van der Waals surface area contributed by atoms with Gasteiger partial charge in [0.1, 0.15) is 24.2 Å². The molecule has 0 saturated carbocycles. The number of anilines is 2. The van der Waals surface area contributed by atoms with Crippen LogP contribution in [-0.2, 0) is 38.3 Å². The number of carboxylic acids is 1. The number of carbonyl (C=O) groups excluding carboxylic acids is 2. The Morgan fingerprint density at radius 3 is 2.13 bits per heavy atom. The number of ether oxygens (including phenoxy) is 4. The molecule has 84 heavy (non-hydrogen) atoms. The van der Waals surface area contributed by atoms with Crippen molar-refractivity contribution in [3.63, 3.8) is 0 Å². The van der Waals surface area contributed by atoms with Crippen molar-refractivity contribution in [3.8, 4) is 0 Å². The van der Waals surface area contributed by atoms with Crippen molar-refractivity contribution in [2.24, 2.45) is 17.8 Å². The predicted octanol–water partition coefficient (Wildman–Crippen LogP) is 3.34. The van der Waals surface area contributed by atoms with Crippen LogP contribution in [0.1, 0.15) is 118 Å². The van der Waals surface area contributed by atoms with Gasteiger partial charge in [0.15, 0.2) is 17.8 Å². The SMILES string of the molecule is CC1/C=C/C=C/CC/C=C/C=C/C=C/C=C/C(O[C@@H]2O[C@H](C)[C@@H](O)[C@H](NC(=O)CCCCCN3ONc4c3cccc4[N+](=O)[O-])[C@@H]2O)CC2OC(O)(CC(O)C(O)CCC(O)CC(O)CC(O)CC(=O)OC(C)C(C)C1O)CC(O)C2C(=O)O. The van der Waals surface area contributed by atoms with E-state index < -0.39 is 158 Å². The topological polar surface area (TPSA) is 390 Å².